The minimum atomic E-state index is -1.60. The largest absolute Gasteiger partial charge is 0.477 e. The zero-order valence-electron chi connectivity index (χ0n) is 15.8. The van der Waals surface area contributed by atoms with Gasteiger partial charge in [0.1, 0.15) is 34.2 Å². The monoisotopic (exact) mass is 418 g/mol. The molecule has 30 heavy (non-hydrogen) atoms. The molecule has 1 fully saturated rings. The number of anilines is 1. The van der Waals surface area contributed by atoms with Crippen LogP contribution in [0.3, 0.4) is 0 Å². The fourth-order valence-corrected chi connectivity index (χ4v) is 3.57. The molecule has 1 saturated heterocycles. The molecule has 3 heterocycles. The molecular weight excluding hydrogens is 401 g/mol. The molecule has 10 heteroatoms. The van der Waals surface area contributed by atoms with Crippen molar-refractivity contribution in [1.82, 2.24) is 14.9 Å². The minimum Gasteiger partial charge on any atom is -0.477 e. The molecule has 0 spiro atoms. The summed E-state index contributed by atoms with van der Waals surface area (Å²) in [5.41, 5.74) is -2.34. The van der Waals surface area contributed by atoms with E-state index in [1.165, 1.54) is 0 Å². The van der Waals surface area contributed by atoms with Crippen molar-refractivity contribution in [1.29, 1.82) is 0 Å². The first kappa shape index (κ1) is 19.9. The van der Waals surface area contributed by atoms with Crippen LogP contribution < -0.4 is 15.6 Å². The van der Waals surface area contributed by atoms with Gasteiger partial charge in [-0.2, -0.15) is 0 Å². The van der Waals surface area contributed by atoms with Crippen LogP contribution in [0.5, 0.6) is 0 Å². The van der Waals surface area contributed by atoms with E-state index in [0.29, 0.717) is 25.7 Å². The third-order valence-corrected chi connectivity index (χ3v) is 4.99. The highest BCUT2D eigenvalue weighted by Gasteiger charge is 2.24. The average molecular weight is 418 g/mol. The Morgan fingerprint density at radius 2 is 2.00 bits per heavy atom. The van der Waals surface area contributed by atoms with Crippen molar-refractivity contribution in [3.63, 3.8) is 0 Å². The number of piperazine rings is 1. The highest BCUT2D eigenvalue weighted by atomic mass is 19.1. The predicted molar refractivity (Wildman–Crippen MR) is 104 cm³/mol. The topological polar surface area (TPSA) is 87.5 Å². The second-order valence-corrected chi connectivity index (χ2v) is 7.10. The molecule has 2 aromatic heterocycles. The van der Waals surface area contributed by atoms with Crippen LogP contribution >= 0.6 is 0 Å². The molecule has 7 nitrogen and oxygen atoms in total. The fourth-order valence-electron chi connectivity index (χ4n) is 3.57. The molecule has 3 aromatic rings. The van der Waals surface area contributed by atoms with E-state index in [2.05, 4.69) is 10.3 Å². The van der Waals surface area contributed by atoms with E-state index in [9.17, 15) is 23.5 Å². The smallest absolute Gasteiger partial charge is 0.341 e. The molecule has 0 aliphatic carbocycles. The van der Waals surface area contributed by atoms with E-state index in [1.807, 2.05) is 11.8 Å². The Kier molecular flexibility index (Phi) is 4.94. The van der Waals surface area contributed by atoms with Gasteiger partial charge in [-0.1, -0.05) is 0 Å². The third kappa shape index (κ3) is 3.39. The first-order chi connectivity index (χ1) is 14.3. The van der Waals surface area contributed by atoms with Gasteiger partial charge in [-0.15, -0.1) is 0 Å². The molecule has 4 rings (SSSR count). The van der Waals surface area contributed by atoms with Gasteiger partial charge in [0.15, 0.2) is 5.65 Å². The highest BCUT2D eigenvalue weighted by Crippen LogP contribution is 2.25. The lowest BCUT2D eigenvalue weighted by molar-refractivity contribution is 0.0695. The number of nitrogens with one attached hydrogen (secondary N) is 1. The van der Waals surface area contributed by atoms with Crippen molar-refractivity contribution < 1.29 is 23.1 Å². The third-order valence-electron chi connectivity index (χ3n) is 4.99. The van der Waals surface area contributed by atoms with Gasteiger partial charge in [0, 0.05) is 44.0 Å². The van der Waals surface area contributed by atoms with Gasteiger partial charge in [-0.3, -0.25) is 9.36 Å². The lowest BCUT2D eigenvalue weighted by Gasteiger charge is -2.33. The standard InChI is InChI=1S/C20H17F3N4O3/c1-10-8-26(5-4-24-10)16-7-14(23)17-18(28)12(20(29)30)9-27(19(17)25-16)15-3-2-11(21)6-13(15)22/h2-3,6-7,9-10,24H,4-5,8H2,1H3,(H,29,30). The number of carbonyl (C=O) groups is 1. The zero-order chi connectivity index (χ0) is 21.6. The van der Waals surface area contributed by atoms with Crippen LogP contribution in [0.15, 0.2) is 35.3 Å². The summed E-state index contributed by atoms with van der Waals surface area (Å²) in [5.74, 6) is -4.19. The van der Waals surface area contributed by atoms with Crippen molar-refractivity contribution in [3.05, 3.63) is 63.7 Å². The van der Waals surface area contributed by atoms with Crippen LogP contribution in [0.1, 0.15) is 17.3 Å². The number of aromatic carboxylic acids is 1. The average Bonchev–Trinajstić information content (AvgIpc) is 2.68. The molecule has 0 bridgehead atoms. The van der Waals surface area contributed by atoms with Crippen LogP contribution in [0.4, 0.5) is 19.0 Å². The van der Waals surface area contributed by atoms with Crippen molar-refractivity contribution >= 4 is 22.8 Å². The number of hydrogen-bond acceptors (Lipinski definition) is 5. The molecule has 1 unspecified atom stereocenters. The Morgan fingerprint density at radius 3 is 2.67 bits per heavy atom. The van der Waals surface area contributed by atoms with Crippen LogP contribution in [-0.4, -0.2) is 46.3 Å². The Hall–Kier alpha value is -3.40. The molecule has 1 aromatic carbocycles. The number of benzene rings is 1. The van der Waals surface area contributed by atoms with Crippen LogP contribution in [0.25, 0.3) is 16.7 Å². The van der Waals surface area contributed by atoms with Gasteiger partial charge in [-0.25, -0.2) is 22.9 Å². The molecule has 2 N–H and O–H groups in total. The van der Waals surface area contributed by atoms with Gasteiger partial charge < -0.3 is 15.3 Å². The predicted octanol–water partition coefficient (Wildman–Crippen LogP) is 2.30. The second kappa shape index (κ2) is 7.45. The molecule has 0 radical (unpaired) electrons. The van der Waals surface area contributed by atoms with E-state index >= 15 is 4.39 Å². The molecule has 156 valence electrons. The summed E-state index contributed by atoms with van der Waals surface area (Å²) in [7, 11) is 0. The number of pyridine rings is 2. The van der Waals surface area contributed by atoms with Crippen molar-refractivity contribution in [2.24, 2.45) is 0 Å². The summed E-state index contributed by atoms with van der Waals surface area (Å²) in [6, 6.07) is 3.84. The Balaban J connectivity index is 2.04. The number of rotatable bonds is 3. The van der Waals surface area contributed by atoms with Crippen LogP contribution in [0.2, 0.25) is 0 Å². The molecule has 1 aliphatic heterocycles. The van der Waals surface area contributed by atoms with Gasteiger partial charge in [0.05, 0.1) is 5.69 Å². The summed E-state index contributed by atoms with van der Waals surface area (Å²) in [6.07, 6.45) is 0.875. The number of nitrogens with zero attached hydrogens (tertiary/aromatic N) is 3. The number of halogens is 3. The van der Waals surface area contributed by atoms with Crippen molar-refractivity contribution in [2.75, 3.05) is 24.5 Å². The molecule has 0 saturated carbocycles. The fraction of sp³-hybridized carbons (Fsp3) is 0.250. The maximum Gasteiger partial charge on any atom is 0.341 e. The SMILES string of the molecule is CC1CN(c2cc(F)c3c(=O)c(C(=O)O)cn(-c4ccc(F)cc4F)c3n2)CCN1. The first-order valence-corrected chi connectivity index (χ1v) is 9.19. The van der Waals surface area contributed by atoms with Crippen molar-refractivity contribution in [2.45, 2.75) is 13.0 Å². The highest BCUT2D eigenvalue weighted by molar-refractivity contribution is 5.92. The van der Waals surface area contributed by atoms with Gasteiger partial charge in [0.2, 0.25) is 5.43 Å². The molecule has 0 amide bonds. The van der Waals surface area contributed by atoms with E-state index in [4.69, 9.17) is 0 Å². The number of carboxylic acid groups (broad SMARTS) is 1. The first-order valence-electron chi connectivity index (χ1n) is 9.19. The lowest BCUT2D eigenvalue weighted by atomic mass is 10.1. The summed E-state index contributed by atoms with van der Waals surface area (Å²) >= 11 is 0. The number of carboxylic acids is 1. The maximum atomic E-state index is 15.0. The molecule has 1 aliphatic rings. The van der Waals surface area contributed by atoms with Crippen LogP contribution in [0, 0.1) is 17.5 Å². The number of aromatic nitrogens is 2. The zero-order valence-corrected chi connectivity index (χ0v) is 15.8. The van der Waals surface area contributed by atoms with E-state index in [-0.39, 0.29) is 23.2 Å². The van der Waals surface area contributed by atoms with Crippen molar-refractivity contribution in [3.8, 4) is 5.69 Å². The van der Waals surface area contributed by atoms with E-state index in [1.54, 1.807) is 0 Å². The second-order valence-electron chi connectivity index (χ2n) is 7.10. The van der Waals surface area contributed by atoms with Gasteiger partial charge in [0.25, 0.3) is 0 Å². The Morgan fingerprint density at radius 1 is 1.23 bits per heavy atom. The maximum absolute atomic E-state index is 15.0. The minimum absolute atomic E-state index is 0.116. The van der Waals surface area contributed by atoms with Crippen LogP contribution in [-0.2, 0) is 0 Å². The van der Waals surface area contributed by atoms with E-state index in [0.717, 1.165) is 29.0 Å². The Bertz CT molecular complexity index is 1230. The van der Waals surface area contributed by atoms with E-state index < -0.39 is 39.8 Å². The lowest BCUT2D eigenvalue weighted by Crippen LogP contribution is -2.49. The molecule has 1 atom stereocenters. The number of hydrogen-bond donors (Lipinski definition) is 2. The summed E-state index contributed by atoms with van der Waals surface area (Å²) in [5, 5.41) is 12.0. The van der Waals surface area contributed by atoms with Gasteiger partial charge in [-0.05, 0) is 19.1 Å². The normalized spacial score (nSPS) is 16.8. The summed E-state index contributed by atoms with van der Waals surface area (Å²) in [4.78, 5) is 30.3. The summed E-state index contributed by atoms with van der Waals surface area (Å²) in [6.45, 7) is 3.65. The Labute approximate surface area is 168 Å². The quantitative estimate of drug-likeness (QED) is 0.679. The van der Waals surface area contributed by atoms with Gasteiger partial charge >= 0.3 is 5.97 Å². The summed E-state index contributed by atoms with van der Waals surface area (Å²) < 4.78 is 43.8. The molecular formula is C20H17F3N4O3. The number of fused-ring (bicyclic) bond motifs is 1.